The van der Waals surface area contributed by atoms with Crippen LogP contribution in [0.5, 0.6) is 0 Å². The van der Waals surface area contributed by atoms with E-state index >= 15 is 0 Å². The van der Waals surface area contributed by atoms with Gasteiger partial charge < -0.3 is 15.6 Å². The highest BCUT2D eigenvalue weighted by Gasteiger charge is 2.12. The van der Waals surface area contributed by atoms with Gasteiger partial charge in [-0.25, -0.2) is 5.84 Å². The van der Waals surface area contributed by atoms with Crippen LogP contribution in [0, 0.1) is 10.4 Å². The summed E-state index contributed by atoms with van der Waals surface area (Å²) in [5.74, 6) is 5.45. The second-order valence-corrected chi connectivity index (χ2v) is 5.64. The lowest BCUT2D eigenvalue weighted by Gasteiger charge is -2.25. The van der Waals surface area contributed by atoms with E-state index in [1.807, 2.05) is 30.3 Å². The number of amides is 1. The van der Waals surface area contributed by atoms with Crippen molar-refractivity contribution >= 4 is 17.7 Å². The van der Waals surface area contributed by atoms with Gasteiger partial charge in [-0.2, -0.15) is 0 Å². The van der Waals surface area contributed by atoms with Crippen molar-refractivity contribution in [2.75, 3.05) is 0 Å². The van der Waals surface area contributed by atoms with Crippen LogP contribution in [-0.4, -0.2) is 5.91 Å². The van der Waals surface area contributed by atoms with E-state index in [9.17, 15) is 15.2 Å². The van der Waals surface area contributed by atoms with Crippen molar-refractivity contribution in [2.24, 2.45) is 5.84 Å². The zero-order chi connectivity index (χ0) is 15.9. The van der Waals surface area contributed by atoms with Crippen molar-refractivity contribution in [3.05, 3.63) is 75.6 Å². The van der Waals surface area contributed by atoms with Crippen molar-refractivity contribution in [1.82, 2.24) is 5.43 Å². The van der Waals surface area contributed by atoms with E-state index in [1.54, 1.807) is 18.2 Å². The van der Waals surface area contributed by atoms with E-state index in [0.717, 1.165) is 5.56 Å². The first-order valence-electron chi connectivity index (χ1n) is 6.60. The zero-order valence-corrected chi connectivity index (χ0v) is 12.6. The lowest BCUT2D eigenvalue weighted by molar-refractivity contribution is -0.807. The smallest absolute Gasteiger partial charge is 0.266 e. The molecule has 0 fully saturated rings. The molecule has 1 amide bonds. The predicted molar refractivity (Wildman–Crippen MR) is 85.5 cm³/mol. The van der Waals surface area contributed by atoms with Crippen molar-refractivity contribution in [3.63, 3.8) is 0 Å². The quantitative estimate of drug-likeness (QED) is 0.318. The van der Waals surface area contributed by atoms with Crippen LogP contribution in [0.25, 0.3) is 0 Å². The van der Waals surface area contributed by atoms with Crippen LogP contribution in [0.1, 0.15) is 21.5 Å². The number of carbonyl (C=O) groups excluding carboxylic acids is 1. The van der Waals surface area contributed by atoms with Crippen LogP contribution < -0.4 is 16.5 Å². The van der Waals surface area contributed by atoms with Crippen LogP contribution in [0.4, 0.5) is 0 Å². The Morgan fingerprint density at radius 1 is 1.14 bits per heavy atom. The van der Waals surface area contributed by atoms with E-state index in [0.29, 0.717) is 21.8 Å². The third-order valence-corrected chi connectivity index (χ3v) is 4.13. The maximum absolute atomic E-state index is 11.8. The highest BCUT2D eigenvalue weighted by molar-refractivity contribution is 7.98. The third kappa shape index (κ3) is 4.55. The normalized spacial score (nSPS) is 10.7. The fourth-order valence-electron chi connectivity index (χ4n) is 1.96. The number of thioether (sulfide) groups is 1. The predicted octanol–water partition coefficient (Wildman–Crippen LogP) is 0.963. The maximum Gasteiger partial charge on any atom is 0.266 e. The molecular weight excluding hydrogens is 302 g/mol. The minimum atomic E-state index is -1.16. The van der Waals surface area contributed by atoms with Gasteiger partial charge in [-0.1, -0.05) is 36.4 Å². The molecule has 4 N–H and O–H groups in total. The number of carbonyl (C=O) groups is 1. The van der Waals surface area contributed by atoms with E-state index in [2.05, 4.69) is 5.43 Å². The number of benzene rings is 2. The van der Waals surface area contributed by atoms with E-state index in [-0.39, 0.29) is 6.54 Å². The molecule has 0 aliphatic rings. The first-order chi connectivity index (χ1) is 10.6. The van der Waals surface area contributed by atoms with Gasteiger partial charge in [0.2, 0.25) is 0 Å². The molecule has 0 radical (unpaired) electrons. The summed E-state index contributed by atoms with van der Waals surface area (Å²) < 4.78 is 0. The highest BCUT2D eigenvalue weighted by atomic mass is 32.2. The van der Waals surface area contributed by atoms with Gasteiger partial charge in [0.05, 0.1) is 5.56 Å². The number of nitrogens with two attached hydrogens (primary N) is 1. The van der Waals surface area contributed by atoms with Gasteiger partial charge in [0.1, 0.15) is 6.54 Å². The molecule has 2 rings (SSSR count). The molecular formula is C15H16N3O3S-. The van der Waals surface area contributed by atoms with E-state index in [1.165, 1.54) is 11.8 Å². The Morgan fingerprint density at radius 3 is 2.50 bits per heavy atom. The summed E-state index contributed by atoms with van der Waals surface area (Å²) in [6, 6.07) is 14.6. The number of nitrogens with one attached hydrogen (secondary N) is 2. The summed E-state index contributed by atoms with van der Waals surface area (Å²) in [4.78, 5) is 12.5. The second kappa shape index (κ2) is 7.92. The minimum absolute atomic E-state index is 0.191. The standard InChI is InChI=1S/C15H16N3O3S/c16-17-15(19)13-7-6-12(9-18(20)21)8-14(13)22-10-11-4-2-1-3-5-11/h1-8,18H,9-10,16H2,(H,17,19)/q-1. The van der Waals surface area contributed by atoms with Crippen molar-refractivity contribution in [2.45, 2.75) is 17.2 Å². The molecule has 0 bridgehead atoms. The molecule has 0 saturated heterocycles. The van der Waals surface area contributed by atoms with Gasteiger partial charge in [-0.15, -0.1) is 11.8 Å². The lowest BCUT2D eigenvalue weighted by atomic mass is 10.1. The second-order valence-electron chi connectivity index (χ2n) is 4.63. The average Bonchev–Trinajstić information content (AvgIpc) is 2.53. The molecule has 0 unspecified atom stereocenters. The third-order valence-electron chi connectivity index (χ3n) is 3.01. The summed E-state index contributed by atoms with van der Waals surface area (Å²) in [7, 11) is 0. The molecule has 0 atom stereocenters. The maximum atomic E-state index is 11.8. The van der Waals surface area contributed by atoms with Gasteiger partial charge in [0.25, 0.3) is 5.91 Å². The van der Waals surface area contributed by atoms with Crippen LogP contribution in [-0.2, 0) is 12.3 Å². The molecule has 2 aromatic carbocycles. The summed E-state index contributed by atoms with van der Waals surface area (Å²) >= 11 is 1.46. The summed E-state index contributed by atoms with van der Waals surface area (Å²) in [6.07, 6.45) is 0. The largest absolute Gasteiger partial charge is 0.633 e. The van der Waals surface area contributed by atoms with Gasteiger partial charge >= 0.3 is 0 Å². The fourth-order valence-corrected chi connectivity index (χ4v) is 3.03. The molecule has 6 nitrogen and oxygen atoms in total. The Morgan fingerprint density at radius 2 is 1.86 bits per heavy atom. The zero-order valence-electron chi connectivity index (χ0n) is 11.7. The fraction of sp³-hybridized carbons (Fsp3) is 0.133. The van der Waals surface area contributed by atoms with Crippen LogP contribution in [0.15, 0.2) is 53.4 Å². The Kier molecular flexibility index (Phi) is 5.93. The molecule has 116 valence electrons. The number of nitrogen functional groups attached to an aromatic ring is 1. The Bertz CT molecular complexity index is 635. The average molecular weight is 318 g/mol. The molecule has 0 aliphatic carbocycles. The van der Waals surface area contributed by atoms with Gasteiger partial charge in [-0.05, 0) is 17.7 Å². The molecule has 2 aromatic rings. The topological polar surface area (TPSA) is 106 Å². The molecule has 0 aliphatic heterocycles. The molecule has 0 saturated carbocycles. The molecule has 22 heavy (non-hydrogen) atoms. The Balaban J connectivity index is 2.22. The highest BCUT2D eigenvalue weighted by Crippen LogP contribution is 2.27. The summed E-state index contributed by atoms with van der Waals surface area (Å²) in [5.41, 5.74) is 4.22. The summed E-state index contributed by atoms with van der Waals surface area (Å²) in [5, 5.41) is 20.3. The number of hydrogen-bond donors (Lipinski definition) is 3. The van der Waals surface area contributed by atoms with Crippen molar-refractivity contribution < 1.29 is 10.0 Å². The van der Waals surface area contributed by atoms with Crippen LogP contribution >= 0.6 is 11.8 Å². The number of hydrazine groups is 1. The van der Waals surface area contributed by atoms with Crippen LogP contribution in [0.3, 0.4) is 0 Å². The lowest BCUT2D eigenvalue weighted by Crippen LogP contribution is -3.00. The molecule has 0 heterocycles. The first kappa shape index (κ1) is 16.5. The molecule has 0 spiro atoms. The van der Waals surface area contributed by atoms with Gasteiger partial charge in [0.15, 0.2) is 0 Å². The van der Waals surface area contributed by atoms with Gasteiger partial charge in [0, 0.05) is 16.2 Å². The monoisotopic (exact) mass is 318 g/mol. The Labute approximate surface area is 132 Å². The number of hydrogen-bond acceptors (Lipinski definition) is 5. The SMILES string of the molecule is NNC(=O)c1ccc(C[NH+]([O-])[O-])cc1SCc1ccccc1. The molecule has 0 aromatic heterocycles. The van der Waals surface area contributed by atoms with Crippen LogP contribution in [0.2, 0.25) is 0 Å². The van der Waals surface area contributed by atoms with Crippen molar-refractivity contribution in [3.8, 4) is 0 Å². The van der Waals surface area contributed by atoms with E-state index < -0.39 is 11.1 Å². The molecule has 7 heteroatoms. The first-order valence-corrected chi connectivity index (χ1v) is 7.59. The Hall–Kier alpha value is -1.90. The number of rotatable bonds is 6. The summed E-state index contributed by atoms with van der Waals surface area (Å²) in [6.45, 7) is -0.191. The van der Waals surface area contributed by atoms with E-state index in [4.69, 9.17) is 5.84 Å². The van der Waals surface area contributed by atoms with Crippen molar-refractivity contribution in [1.29, 1.82) is 0 Å². The number of quaternary nitrogens is 1. The van der Waals surface area contributed by atoms with Gasteiger partial charge in [-0.3, -0.25) is 10.2 Å². The minimum Gasteiger partial charge on any atom is -0.633 e. The number of hydroxylamine groups is 2.